The molecule has 0 aliphatic rings. The predicted molar refractivity (Wildman–Crippen MR) is 111 cm³/mol. The third kappa shape index (κ3) is 5.43. The summed E-state index contributed by atoms with van der Waals surface area (Å²) in [5, 5.41) is 5.59. The van der Waals surface area contributed by atoms with Crippen molar-refractivity contribution in [3.05, 3.63) is 95.0 Å². The molecule has 0 fully saturated rings. The van der Waals surface area contributed by atoms with Gasteiger partial charge in [-0.1, -0.05) is 54.1 Å². The Bertz CT molecular complexity index is 1040. The summed E-state index contributed by atoms with van der Waals surface area (Å²) in [6.07, 6.45) is 0. The molecule has 6 nitrogen and oxygen atoms in total. The van der Waals surface area contributed by atoms with Gasteiger partial charge in [-0.05, 0) is 36.4 Å². The zero-order chi connectivity index (χ0) is 20.6. The Kier molecular flexibility index (Phi) is 6.60. The second-order valence-electron chi connectivity index (χ2n) is 5.97. The van der Waals surface area contributed by atoms with Crippen LogP contribution in [-0.4, -0.2) is 24.4 Å². The van der Waals surface area contributed by atoms with Crippen molar-refractivity contribution in [1.29, 1.82) is 0 Å². The molecular formula is C22H17ClN2O4. The average molecular weight is 409 g/mol. The van der Waals surface area contributed by atoms with E-state index in [1.165, 1.54) is 6.07 Å². The highest BCUT2D eigenvalue weighted by molar-refractivity contribution is 6.33. The standard InChI is InChI=1S/C22H17ClN2O4/c23-18-12-6-4-10-16(18)22(28)29-14-20(26)25-19-13-7-5-11-17(19)21(27)24-15-8-2-1-3-9-15/h1-13H,14H2,(H,24,27)(H,25,26). The van der Waals surface area contributed by atoms with E-state index in [0.717, 1.165) is 0 Å². The molecule has 0 saturated heterocycles. The number of amides is 2. The number of esters is 1. The van der Waals surface area contributed by atoms with E-state index in [-0.39, 0.29) is 22.1 Å². The molecule has 2 amide bonds. The summed E-state index contributed by atoms with van der Waals surface area (Å²) >= 11 is 5.94. The molecule has 0 aliphatic heterocycles. The number of halogens is 1. The Morgan fingerprint density at radius 2 is 1.38 bits per heavy atom. The van der Waals surface area contributed by atoms with Gasteiger partial charge in [0.2, 0.25) is 0 Å². The lowest BCUT2D eigenvalue weighted by Gasteiger charge is -2.12. The molecule has 7 heteroatoms. The first-order chi connectivity index (χ1) is 14.0. The van der Waals surface area contributed by atoms with Crippen molar-refractivity contribution < 1.29 is 19.1 Å². The zero-order valence-electron chi connectivity index (χ0n) is 15.2. The van der Waals surface area contributed by atoms with Gasteiger partial charge in [0.1, 0.15) is 0 Å². The second-order valence-corrected chi connectivity index (χ2v) is 6.38. The molecular weight excluding hydrogens is 392 g/mol. The molecule has 29 heavy (non-hydrogen) atoms. The minimum atomic E-state index is -0.708. The number of benzene rings is 3. The fourth-order valence-corrected chi connectivity index (χ4v) is 2.74. The van der Waals surface area contributed by atoms with E-state index < -0.39 is 18.5 Å². The van der Waals surface area contributed by atoms with Gasteiger partial charge in [0.05, 0.1) is 21.8 Å². The Morgan fingerprint density at radius 3 is 2.10 bits per heavy atom. The smallest absolute Gasteiger partial charge is 0.340 e. The van der Waals surface area contributed by atoms with E-state index in [0.29, 0.717) is 11.4 Å². The van der Waals surface area contributed by atoms with Gasteiger partial charge in [0, 0.05) is 5.69 Å². The monoisotopic (exact) mass is 408 g/mol. The number of carbonyl (C=O) groups is 3. The maximum Gasteiger partial charge on any atom is 0.340 e. The summed E-state index contributed by atoms with van der Waals surface area (Å²) in [5.41, 5.74) is 1.39. The van der Waals surface area contributed by atoms with E-state index in [2.05, 4.69) is 10.6 Å². The quantitative estimate of drug-likeness (QED) is 0.592. The molecule has 0 heterocycles. The maximum atomic E-state index is 12.5. The van der Waals surface area contributed by atoms with Crippen LogP contribution in [-0.2, 0) is 9.53 Å². The molecule has 0 bridgehead atoms. The lowest BCUT2D eigenvalue weighted by molar-refractivity contribution is -0.119. The fraction of sp³-hybridized carbons (Fsp3) is 0.0455. The largest absolute Gasteiger partial charge is 0.452 e. The first kappa shape index (κ1) is 20.1. The molecule has 0 unspecified atom stereocenters. The number of hydrogen-bond donors (Lipinski definition) is 2. The number of ether oxygens (including phenoxy) is 1. The SMILES string of the molecule is O=C(COC(=O)c1ccccc1Cl)Nc1ccccc1C(=O)Nc1ccccc1. The van der Waals surface area contributed by atoms with E-state index in [1.54, 1.807) is 66.7 Å². The van der Waals surface area contributed by atoms with Crippen LogP contribution in [0.2, 0.25) is 5.02 Å². The minimum Gasteiger partial charge on any atom is -0.452 e. The molecule has 0 radical (unpaired) electrons. The first-order valence-corrected chi connectivity index (χ1v) is 9.09. The van der Waals surface area contributed by atoms with Gasteiger partial charge in [-0.3, -0.25) is 9.59 Å². The Balaban J connectivity index is 1.63. The molecule has 3 aromatic carbocycles. The summed E-state index contributed by atoms with van der Waals surface area (Å²) < 4.78 is 5.00. The van der Waals surface area contributed by atoms with E-state index >= 15 is 0 Å². The van der Waals surface area contributed by atoms with Crippen molar-refractivity contribution in [2.45, 2.75) is 0 Å². The van der Waals surface area contributed by atoms with Crippen LogP contribution >= 0.6 is 11.6 Å². The van der Waals surface area contributed by atoms with Gasteiger partial charge in [0.15, 0.2) is 6.61 Å². The lowest BCUT2D eigenvalue weighted by Crippen LogP contribution is -2.23. The van der Waals surface area contributed by atoms with Crippen molar-refractivity contribution in [3.8, 4) is 0 Å². The number of hydrogen-bond acceptors (Lipinski definition) is 4. The molecule has 0 saturated carbocycles. The number of rotatable bonds is 6. The zero-order valence-corrected chi connectivity index (χ0v) is 16.0. The fourth-order valence-electron chi connectivity index (χ4n) is 2.53. The van der Waals surface area contributed by atoms with Crippen LogP contribution < -0.4 is 10.6 Å². The summed E-state index contributed by atoms with van der Waals surface area (Å²) in [6, 6.07) is 21.9. The minimum absolute atomic E-state index is 0.171. The van der Waals surface area contributed by atoms with E-state index in [9.17, 15) is 14.4 Å². The van der Waals surface area contributed by atoms with Crippen LogP contribution in [0.15, 0.2) is 78.9 Å². The van der Waals surface area contributed by atoms with Crippen LogP contribution in [0.4, 0.5) is 11.4 Å². The van der Waals surface area contributed by atoms with Crippen LogP contribution in [0.3, 0.4) is 0 Å². The molecule has 0 aliphatic carbocycles. The molecule has 3 rings (SSSR count). The lowest BCUT2D eigenvalue weighted by atomic mass is 10.1. The highest BCUT2D eigenvalue weighted by atomic mass is 35.5. The third-order valence-corrected chi connectivity index (χ3v) is 4.24. The van der Waals surface area contributed by atoms with Crippen molar-refractivity contribution in [1.82, 2.24) is 0 Å². The Hall–Kier alpha value is -3.64. The number of anilines is 2. The second kappa shape index (κ2) is 9.52. The highest BCUT2D eigenvalue weighted by Gasteiger charge is 2.16. The van der Waals surface area contributed by atoms with Crippen LogP contribution in [0.25, 0.3) is 0 Å². The molecule has 3 aromatic rings. The molecule has 2 N–H and O–H groups in total. The van der Waals surface area contributed by atoms with E-state index in [1.807, 2.05) is 6.07 Å². The van der Waals surface area contributed by atoms with Gasteiger partial charge >= 0.3 is 5.97 Å². The highest BCUT2D eigenvalue weighted by Crippen LogP contribution is 2.18. The molecule has 146 valence electrons. The normalized spacial score (nSPS) is 10.1. The predicted octanol–water partition coefficient (Wildman–Crippen LogP) is 4.39. The molecule has 0 spiro atoms. The molecule has 0 aromatic heterocycles. The van der Waals surface area contributed by atoms with Gasteiger partial charge in [-0.2, -0.15) is 0 Å². The maximum absolute atomic E-state index is 12.5. The third-order valence-electron chi connectivity index (χ3n) is 3.91. The van der Waals surface area contributed by atoms with Crippen molar-refractivity contribution >= 4 is 40.8 Å². The summed E-state index contributed by atoms with van der Waals surface area (Å²) in [7, 11) is 0. The number of carbonyl (C=O) groups excluding carboxylic acids is 3. The van der Waals surface area contributed by atoms with Crippen molar-refractivity contribution in [3.63, 3.8) is 0 Å². The first-order valence-electron chi connectivity index (χ1n) is 8.71. The van der Waals surface area contributed by atoms with Gasteiger partial charge in [-0.15, -0.1) is 0 Å². The molecule has 0 atom stereocenters. The van der Waals surface area contributed by atoms with Crippen molar-refractivity contribution in [2.24, 2.45) is 0 Å². The average Bonchev–Trinajstić information content (AvgIpc) is 2.73. The summed E-state index contributed by atoms with van der Waals surface area (Å²) in [5.74, 6) is -1.66. The topological polar surface area (TPSA) is 84.5 Å². The Morgan fingerprint density at radius 1 is 0.759 bits per heavy atom. The van der Waals surface area contributed by atoms with Gasteiger partial charge in [-0.25, -0.2) is 4.79 Å². The van der Waals surface area contributed by atoms with Gasteiger partial charge < -0.3 is 15.4 Å². The van der Waals surface area contributed by atoms with Crippen LogP contribution in [0, 0.1) is 0 Å². The summed E-state index contributed by atoms with van der Waals surface area (Å²) in [4.78, 5) is 36.8. The van der Waals surface area contributed by atoms with Crippen LogP contribution in [0.5, 0.6) is 0 Å². The van der Waals surface area contributed by atoms with Crippen molar-refractivity contribution in [2.75, 3.05) is 17.2 Å². The number of para-hydroxylation sites is 2. The van der Waals surface area contributed by atoms with E-state index in [4.69, 9.17) is 16.3 Å². The van der Waals surface area contributed by atoms with Crippen LogP contribution in [0.1, 0.15) is 20.7 Å². The van der Waals surface area contributed by atoms with Gasteiger partial charge in [0.25, 0.3) is 11.8 Å². The summed E-state index contributed by atoms with van der Waals surface area (Å²) in [6.45, 7) is -0.515. The number of nitrogens with one attached hydrogen (secondary N) is 2. The Labute approximate surface area is 172 Å².